The molecule has 0 bridgehead atoms. The van der Waals surface area contributed by atoms with E-state index in [-0.39, 0.29) is 11.6 Å². The summed E-state index contributed by atoms with van der Waals surface area (Å²) in [6.07, 6.45) is 1.61. The number of aryl methyl sites for hydroxylation is 1. The average Bonchev–Trinajstić information content (AvgIpc) is 3.13. The van der Waals surface area contributed by atoms with Crippen LogP contribution in [0.1, 0.15) is 37.5 Å². The number of Topliss-reactive ketones (excluding diaryl/α,β-unsaturated/α-hetero) is 2. The Balaban J connectivity index is 1.38. The maximum Gasteiger partial charge on any atom is 0.198 e. The van der Waals surface area contributed by atoms with Gasteiger partial charge in [-0.05, 0) is 30.2 Å². The fourth-order valence-electron chi connectivity index (χ4n) is 5.46. The minimum Gasteiger partial charge on any atom is -0.297 e. The van der Waals surface area contributed by atoms with Gasteiger partial charge in [0.05, 0.1) is 22.9 Å². The van der Waals surface area contributed by atoms with Crippen molar-refractivity contribution in [3.8, 4) is 0 Å². The van der Waals surface area contributed by atoms with E-state index in [1.165, 1.54) is 11.1 Å². The van der Waals surface area contributed by atoms with E-state index in [1.807, 2.05) is 41.3 Å². The summed E-state index contributed by atoms with van der Waals surface area (Å²) in [5.74, 6) is -0.398. The smallest absolute Gasteiger partial charge is 0.198 e. The average molecular weight is 463 g/mol. The second-order valence-corrected chi connectivity index (χ2v) is 9.35. The van der Waals surface area contributed by atoms with Gasteiger partial charge in [0, 0.05) is 43.9 Å². The van der Waals surface area contributed by atoms with Crippen LogP contribution in [0.4, 0.5) is 0 Å². The van der Waals surface area contributed by atoms with Gasteiger partial charge in [-0.25, -0.2) is 4.98 Å². The minimum atomic E-state index is -1.48. The molecule has 0 radical (unpaired) electrons. The maximum atomic E-state index is 14.0. The second-order valence-electron chi connectivity index (χ2n) is 9.35. The Morgan fingerprint density at radius 2 is 1.37 bits per heavy atom. The van der Waals surface area contributed by atoms with Crippen LogP contribution in [-0.4, -0.2) is 57.5 Å². The highest BCUT2D eigenvalue weighted by molar-refractivity contribution is 6.32. The van der Waals surface area contributed by atoms with E-state index in [1.54, 1.807) is 18.3 Å². The van der Waals surface area contributed by atoms with Crippen molar-refractivity contribution in [2.45, 2.75) is 19.0 Å². The molecule has 2 heterocycles. The molecule has 1 fully saturated rings. The lowest BCUT2D eigenvalue weighted by atomic mass is 9.86. The molecular formula is C29H26N4O2. The number of aromatic nitrogens is 2. The van der Waals surface area contributed by atoms with Crippen LogP contribution in [0.5, 0.6) is 0 Å². The Morgan fingerprint density at radius 3 is 2.06 bits per heavy atom. The predicted molar refractivity (Wildman–Crippen MR) is 134 cm³/mol. The molecule has 4 aromatic rings. The van der Waals surface area contributed by atoms with E-state index in [0.717, 1.165) is 25.2 Å². The number of hydrogen-bond acceptors (Lipinski definition) is 6. The lowest BCUT2D eigenvalue weighted by molar-refractivity contribution is 0.0266. The normalized spacial score (nSPS) is 18.2. The largest absolute Gasteiger partial charge is 0.297 e. The zero-order valence-corrected chi connectivity index (χ0v) is 19.6. The number of benzene rings is 3. The van der Waals surface area contributed by atoms with Crippen molar-refractivity contribution in [1.29, 1.82) is 0 Å². The van der Waals surface area contributed by atoms with Gasteiger partial charge in [-0.1, -0.05) is 60.7 Å². The molecule has 1 aromatic heterocycles. The number of rotatable bonds is 4. The summed E-state index contributed by atoms with van der Waals surface area (Å²) < 4.78 is 0. The lowest BCUT2D eigenvalue weighted by Crippen LogP contribution is -2.60. The van der Waals surface area contributed by atoms with Gasteiger partial charge in [0.2, 0.25) is 0 Å². The first kappa shape index (κ1) is 21.8. The van der Waals surface area contributed by atoms with Crippen LogP contribution in [0.25, 0.3) is 11.0 Å². The summed E-state index contributed by atoms with van der Waals surface area (Å²) in [4.78, 5) is 41.9. The van der Waals surface area contributed by atoms with E-state index in [9.17, 15) is 9.59 Å². The molecule has 0 spiro atoms. The second kappa shape index (κ2) is 8.48. The topological polar surface area (TPSA) is 66.4 Å². The first-order valence-corrected chi connectivity index (χ1v) is 12.0. The molecule has 0 N–H and O–H groups in total. The fraction of sp³-hybridized carbons (Fsp3) is 0.241. The van der Waals surface area contributed by atoms with Gasteiger partial charge in [-0.15, -0.1) is 0 Å². The first-order valence-electron chi connectivity index (χ1n) is 12.0. The van der Waals surface area contributed by atoms with Crippen LogP contribution in [0.15, 0.2) is 79.0 Å². The molecule has 3 aromatic carbocycles. The number of piperazine rings is 1. The summed E-state index contributed by atoms with van der Waals surface area (Å²) >= 11 is 0. The number of carbonyl (C=O) groups is 2. The van der Waals surface area contributed by atoms with Crippen molar-refractivity contribution < 1.29 is 9.59 Å². The Labute approximate surface area is 204 Å². The lowest BCUT2D eigenvalue weighted by Gasteiger charge is -2.43. The van der Waals surface area contributed by atoms with Gasteiger partial charge in [0.1, 0.15) is 0 Å². The summed E-state index contributed by atoms with van der Waals surface area (Å²) in [5, 5.41) is 0. The number of carbonyl (C=O) groups excluding carboxylic acids is 2. The van der Waals surface area contributed by atoms with Crippen molar-refractivity contribution in [1.82, 2.24) is 19.8 Å². The highest BCUT2D eigenvalue weighted by Crippen LogP contribution is 2.42. The van der Waals surface area contributed by atoms with Crippen LogP contribution in [-0.2, 0) is 12.1 Å². The third-order valence-corrected chi connectivity index (χ3v) is 7.39. The van der Waals surface area contributed by atoms with Crippen molar-refractivity contribution in [3.05, 3.63) is 107 Å². The molecule has 0 saturated carbocycles. The molecule has 6 nitrogen and oxygen atoms in total. The predicted octanol–water partition coefficient (Wildman–Crippen LogP) is 4.03. The third-order valence-electron chi connectivity index (χ3n) is 7.39. The standard InChI is InChI=1S/C29H26N4O2/c1-20-8-2-3-9-21(20)19-32-14-16-33(17-15-32)29(26-18-30-24-12-6-7-13-25(24)31-26)27(34)22-10-4-5-11-23(22)28(29)35/h2-13,18H,14-17,19H2,1H3. The van der Waals surface area contributed by atoms with E-state index in [0.29, 0.717) is 35.4 Å². The van der Waals surface area contributed by atoms with Gasteiger partial charge >= 0.3 is 0 Å². The van der Waals surface area contributed by atoms with Crippen LogP contribution >= 0.6 is 0 Å². The quantitative estimate of drug-likeness (QED) is 0.427. The molecular weight excluding hydrogens is 436 g/mol. The molecule has 174 valence electrons. The maximum absolute atomic E-state index is 14.0. The van der Waals surface area contributed by atoms with E-state index in [4.69, 9.17) is 4.98 Å². The Morgan fingerprint density at radius 1 is 0.771 bits per heavy atom. The summed E-state index contributed by atoms with van der Waals surface area (Å²) in [6.45, 7) is 5.68. The van der Waals surface area contributed by atoms with Crippen LogP contribution in [0, 0.1) is 6.92 Å². The SMILES string of the molecule is Cc1ccccc1CN1CCN(C2(c3cnc4ccccc4n3)C(=O)c3ccccc3C2=O)CC1. The number of ketones is 2. The van der Waals surface area contributed by atoms with Crippen molar-refractivity contribution >= 4 is 22.6 Å². The molecule has 35 heavy (non-hydrogen) atoms. The monoisotopic (exact) mass is 462 g/mol. The highest BCUT2D eigenvalue weighted by atomic mass is 16.2. The molecule has 0 amide bonds. The van der Waals surface area contributed by atoms with Gasteiger partial charge in [-0.2, -0.15) is 0 Å². The van der Waals surface area contributed by atoms with Crippen LogP contribution in [0.2, 0.25) is 0 Å². The van der Waals surface area contributed by atoms with E-state index < -0.39 is 5.54 Å². The van der Waals surface area contributed by atoms with Gasteiger partial charge in [0.25, 0.3) is 0 Å². The van der Waals surface area contributed by atoms with Crippen molar-refractivity contribution in [3.63, 3.8) is 0 Å². The van der Waals surface area contributed by atoms with Crippen LogP contribution in [0.3, 0.4) is 0 Å². The van der Waals surface area contributed by atoms with Crippen molar-refractivity contribution in [2.24, 2.45) is 0 Å². The summed E-state index contributed by atoms with van der Waals surface area (Å²) in [5.41, 5.74) is 3.87. The highest BCUT2D eigenvalue weighted by Gasteiger charge is 2.59. The fourth-order valence-corrected chi connectivity index (χ4v) is 5.46. The van der Waals surface area contributed by atoms with Gasteiger partial charge < -0.3 is 0 Å². The summed E-state index contributed by atoms with van der Waals surface area (Å²) in [7, 11) is 0. The Bertz CT molecular complexity index is 1420. The van der Waals surface area contributed by atoms with Gasteiger partial charge in [-0.3, -0.25) is 24.4 Å². The Hall–Kier alpha value is -3.74. The third kappa shape index (κ3) is 3.40. The van der Waals surface area contributed by atoms with Gasteiger partial charge in [0.15, 0.2) is 17.1 Å². The minimum absolute atomic E-state index is 0.199. The zero-order valence-electron chi connectivity index (χ0n) is 19.6. The molecule has 1 aliphatic carbocycles. The molecule has 0 unspecified atom stereocenters. The first-order chi connectivity index (χ1) is 17.1. The van der Waals surface area contributed by atoms with E-state index in [2.05, 4.69) is 41.1 Å². The molecule has 6 heteroatoms. The molecule has 1 saturated heterocycles. The Kier molecular flexibility index (Phi) is 5.28. The number of para-hydroxylation sites is 2. The molecule has 6 rings (SSSR count). The van der Waals surface area contributed by atoms with Crippen molar-refractivity contribution in [2.75, 3.05) is 26.2 Å². The van der Waals surface area contributed by atoms with Crippen LogP contribution < -0.4 is 0 Å². The summed E-state index contributed by atoms with van der Waals surface area (Å²) in [6, 6.07) is 23.1. The zero-order chi connectivity index (χ0) is 24.0. The number of hydrogen-bond donors (Lipinski definition) is 0. The number of fused-ring (bicyclic) bond motifs is 2. The molecule has 0 atom stereocenters. The molecule has 1 aliphatic heterocycles. The van der Waals surface area contributed by atoms with E-state index >= 15 is 0 Å². The molecule has 2 aliphatic rings. The number of nitrogens with zero attached hydrogens (tertiary/aromatic N) is 4.